The predicted molar refractivity (Wildman–Crippen MR) is 262 cm³/mol. The first-order valence-electron chi connectivity index (χ1n) is 22.5. The van der Waals surface area contributed by atoms with Crippen LogP contribution < -0.4 is 40.2 Å². The second-order valence-corrected chi connectivity index (χ2v) is 17.1. The van der Waals surface area contributed by atoms with Crippen LogP contribution in [-0.2, 0) is 29.9 Å². The Labute approximate surface area is 432 Å². The van der Waals surface area contributed by atoms with Gasteiger partial charge in [-0.3, -0.25) is 21.7 Å². The molecule has 2 atom stereocenters. The molecule has 0 radical (unpaired) electrons. The molecule has 0 bridgehead atoms. The van der Waals surface area contributed by atoms with E-state index in [-0.39, 0.29) is 40.9 Å². The van der Waals surface area contributed by atoms with E-state index in [2.05, 4.69) is 26.9 Å². The molecule has 0 spiro atoms. The topological polar surface area (TPSA) is 213 Å². The zero-order chi connectivity index (χ0) is 48.0. The number of ether oxygens (including phenoxy) is 2. The van der Waals surface area contributed by atoms with Gasteiger partial charge in [-0.25, -0.2) is 9.59 Å². The first-order chi connectivity index (χ1) is 33.5. The molecule has 354 valence electrons. The number of nitrogens with zero attached hydrogens (tertiary/aromatic N) is 2. The summed E-state index contributed by atoms with van der Waals surface area (Å²) in [5.74, 6) is 0.680. The number of benzene rings is 6. The Bertz CT molecular complexity index is 3060. The van der Waals surface area contributed by atoms with Crippen molar-refractivity contribution in [2.75, 3.05) is 10.6 Å². The van der Waals surface area contributed by atoms with Gasteiger partial charge in [0.05, 0.1) is 5.41 Å². The number of carboxylic acids is 1. The fraction of sp³-hybridized carbons (Fsp3) is 0.179. The summed E-state index contributed by atoms with van der Waals surface area (Å²) in [4.78, 5) is 55.8. The van der Waals surface area contributed by atoms with Gasteiger partial charge in [-0.15, -0.1) is 5.41 Å². The number of carbonyl (C=O) groups excluding carboxylic acids is 3. The van der Waals surface area contributed by atoms with E-state index in [0.717, 1.165) is 68.5 Å². The van der Waals surface area contributed by atoms with Crippen LogP contribution >= 0.6 is 0 Å². The zero-order valence-electron chi connectivity index (χ0n) is 39.2. The van der Waals surface area contributed by atoms with E-state index in [0.29, 0.717) is 30.2 Å². The molecule has 2 heterocycles. The number of anilines is 2. The quantitative estimate of drug-likeness (QED) is 0.0686. The van der Waals surface area contributed by atoms with E-state index in [9.17, 15) is 24.3 Å². The van der Waals surface area contributed by atoms with Crippen LogP contribution in [0.4, 0.5) is 21.2 Å². The summed E-state index contributed by atoms with van der Waals surface area (Å²) in [5.41, 5.74) is 8.11. The number of aliphatic carboxylic acids is 1. The number of rotatable bonds is 14. The average molecular weight is 960 g/mol. The van der Waals surface area contributed by atoms with Crippen LogP contribution in [0.25, 0.3) is 44.9 Å². The van der Waals surface area contributed by atoms with Crippen molar-refractivity contribution >= 4 is 36.1 Å². The minimum atomic E-state index is -0.760. The van der Waals surface area contributed by atoms with Crippen molar-refractivity contribution in [3.63, 3.8) is 0 Å². The normalized spacial score (nSPS) is 14.3. The monoisotopic (exact) mass is 959 g/mol. The first-order valence-corrected chi connectivity index (χ1v) is 22.5. The van der Waals surface area contributed by atoms with Crippen LogP contribution in [0.5, 0.6) is 0 Å². The Morgan fingerprint density at radius 3 is 1.24 bits per heavy atom. The standard InChI is InChI=1S/C28H24N2O5.C28H23N2O4.Na.H2O/c1-18(19-5-3-2-4-6-19)35-27(33)30-25-24(34-17-29-25)22-9-7-20(8-10-22)21-11-13-23(14-12-21)28(15-16-28)26(31)32;1-19(20-5-3-2-4-6-20)34-27(32)30-26-25(33-18-29-26)23-9-7-21(8-10-23)22-11-13-24(14-12-22)28(17-31)15-16-28;;/h2-14,17-18H,15-16H2,1H3,(H,30,33)(H,31,32);2-14,18-19H,15-16H2,1H3,(H,30,32);;1H2/q;-1;+1;/p-1/t18-;19-;;/m11../s1. The Hall–Kier alpha value is -7.62. The first kappa shape index (κ1) is 51.2. The predicted octanol–water partition coefficient (Wildman–Crippen LogP) is 9.72. The van der Waals surface area contributed by atoms with E-state index in [1.54, 1.807) is 6.92 Å². The molecule has 2 saturated carbocycles. The van der Waals surface area contributed by atoms with Crippen LogP contribution in [0.3, 0.4) is 0 Å². The summed E-state index contributed by atoms with van der Waals surface area (Å²) in [6, 6.07) is 50.1. The third-order valence-electron chi connectivity index (χ3n) is 12.6. The Balaban J connectivity index is 0.000000203. The average Bonchev–Trinajstić information content (AvgIpc) is 4.29. The second-order valence-electron chi connectivity index (χ2n) is 17.1. The number of amides is 2. The van der Waals surface area contributed by atoms with Gasteiger partial charge in [0, 0.05) is 11.1 Å². The maximum atomic E-state index is 12.4. The number of carbonyl (C=O) groups is 3. The molecule has 8 aromatic rings. The molecule has 2 aromatic heterocycles. The molecule has 0 saturated heterocycles. The summed E-state index contributed by atoms with van der Waals surface area (Å²) in [6.07, 6.45) is 5.81. The molecule has 0 unspecified atom stereocenters. The molecule has 71 heavy (non-hydrogen) atoms. The summed E-state index contributed by atoms with van der Waals surface area (Å²) < 4.78 is 22.0. The fourth-order valence-electron chi connectivity index (χ4n) is 8.15. The van der Waals surface area contributed by atoms with Gasteiger partial charge in [0.2, 0.25) is 0 Å². The van der Waals surface area contributed by atoms with Crippen LogP contribution in [0.1, 0.15) is 74.0 Å². The van der Waals surface area contributed by atoms with Gasteiger partial charge in [-0.2, -0.15) is 9.97 Å². The SMILES string of the molecule is C[C@@H](OC(=O)Nc1ncoc1-c1ccc(-c2ccc(C3(C(=O)O)CC3)cc2)cc1)c1ccccc1.C[C@@H](OC(=O)Nc1ncoc1-c1ccc(-c2ccc(C3([C-]=O)CC3)cc2)cc1)c1ccccc1.[Na+].[OH-]. The molecule has 4 N–H and O–H groups in total. The second kappa shape index (κ2) is 22.4. The summed E-state index contributed by atoms with van der Waals surface area (Å²) in [5, 5.41) is 14.8. The molecule has 14 nitrogen and oxygen atoms in total. The molecular weight excluding hydrogens is 912 g/mol. The molecule has 10 rings (SSSR count). The van der Waals surface area contributed by atoms with Crippen LogP contribution in [0.15, 0.2) is 179 Å². The number of oxazole rings is 2. The van der Waals surface area contributed by atoms with Crippen molar-refractivity contribution in [3.8, 4) is 44.9 Å². The smallest absolute Gasteiger partial charge is 0.870 e. The van der Waals surface area contributed by atoms with E-state index < -0.39 is 41.2 Å². The van der Waals surface area contributed by atoms with Crippen molar-refractivity contribution in [3.05, 3.63) is 193 Å². The van der Waals surface area contributed by atoms with E-state index >= 15 is 0 Å². The van der Waals surface area contributed by atoms with E-state index in [1.807, 2.05) is 165 Å². The minimum absolute atomic E-state index is 0. The van der Waals surface area contributed by atoms with Gasteiger partial charge in [0.15, 0.2) is 35.9 Å². The van der Waals surface area contributed by atoms with Crippen LogP contribution in [0.2, 0.25) is 0 Å². The van der Waals surface area contributed by atoms with Gasteiger partial charge in [0.25, 0.3) is 0 Å². The van der Waals surface area contributed by atoms with Crippen LogP contribution in [0, 0.1) is 0 Å². The van der Waals surface area contributed by atoms with E-state index in [4.69, 9.17) is 18.3 Å². The van der Waals surface area contributed by atoms with Gasteiger partial charge in [0.1, 0.15) is 12.2 Å². The van der Waals surface area contributed by atoms with Crippen LogP contribution in [-0.4, -0.2) is 45.0 Å². The number of aromatic nitrogens is 2. The molecule has 2 aliphatic carbocycles. The number of hydrogen-bond acceptors (Lipinski definition) is 11. The number of nitrogens with one attached hydrogen (secondary N) is 2. The van der Waals surface area contributed by atoms with Gasteiger partial charge >= 0.3 is 47.7 Å². The van der Waals surface area contributed by atoms with Crippen molar-refractivity contribution in [2.45, 2.75) is 62.6 Å². The Kier molecular flexibility index (Phi) is 16.2. The van der Waals surface area contributed by atoms with Gasteiger partial charge in [-0.1, -0.05) is 176 Å². The van der Waals surface area contributed by atoms with Crippen molar-refractivity contribution < 1.29 is 77.6 Å². The third-order valence-corrected chi connectivity index (χ3v) is 12.6. The number of carboxylic acid groups (broad SMARTS) is 1. The summed E-state index contributed by atoms with van der Waals surface area (Å²) >= 11 is 0. The molecule has 0 aliphatic heterocycles. The summed E-state index contributed by atoms with van der Waals surface area (Å²) in [6.45, 7) is 3.61. The third kappa shape index (κ3) is 11.7. The molecule has 2 amide bonds. The fourth-order valence-corrected chi connectivity index (χ4v) is 8.15. The van der Waals surface area contributed by atoms with Crippen molar-refractivity contribution in [2.24, 2.45) is 0 Å². The summed E-state index contributed by atoms with van der Waals surface area (Å²) in [7, 11) is 0. The zero-order valence-corrected chi connectivity index (χ0v) is 41.2. The maximum Gasteiger partial charge on any atom is 1.00 e. The Morgan fingerprint density at radius 2 is 0.901 bits per heavy atom. The largest absolute Gasteiger partial charge is 1.00 e. The molecule has 15 heteroatoms. The van der Waals surface area contributed by atoms with Crippen molar-refractivity contribution in [1.29, 1.82) is 0 Å². The van der Waals surface area contributed by atoms with Gasteiger partial charge in [-0.05, 0) is 65.6 Å². The van der Waals surface area contributed by atoms with Crippen molar-refractivity contribution in [1.82, 2.24) is 9.97 Å². The van der Waals surface area contributed by atoms with E-state index in [1.165, 1.54) is 12.8 Å². The molecule has 6 aromatic carbocycles. The molecule has 2 aliphatic rings. The minimum Gasteiger partial charge on any atom is -0.870 e. The molecular formula is C56H48N4NaO10-. The number of hydrogen-bond donors (Lipinski definition) is 3. The molecule has 2 fully saturated rings. The van der Waals surface area contributed by atoms with Gasteiger partial charge < -0.3 is 33.7 Å². The maximum absolute atomic E-state index is 12.4. The Morgan fingerprint density at radius 1 is 0.549 bits per heavy atom.